The molecular weight excluding hydrogens is 279 g/mol. The molecule has 2 heterocycles. The Bertz CT molecular complexity index is 624. The van der Waals surface area contributed by atoms with E-state index in [1.165, 1.54) is 17.4 Å². The Hall–Kier alpha value is -1.95. The van der Waals surface area contributed by atoms with Crippen LogP contribution in [0.3, 0.4) is 0 Å². The number of aromatic nitrogens is 1. The quantitative estimate of drug-likeness (QED) is 0.873. The van der Waals surface area contributed by atoms with Gasteiger partial charge in [0.1, 0.15) is 11.9 Å². The van der Waals surface area contributed by atoms with Crippen LogP contribution in [0.15, 0.2) is 29.8 Å². The first-order valence-electron chi connectivity index (χ1n) is 6.25. The summed E-state index contributed by atoms with van der Waals surface area (Å²) >= 11 is 1.42. The largest absolute Gasteiger partial charge is 0.463 e. The molecule has 1 fully saturated rings. The number of amides is 1. The Morgan fingerprint density at radius 3 is 2.95 bits per heavy atom. The average molecular weight is 292 g/mol. The summed E-state index contributed by atoms with van der Waals surface area (Å²) in [7, 11) is 0. The van der Waals surface area contributed by atoms with Crippen molar-refractivity contribution in [1.82, 2.24) is 9.88 Å². The molecule has 0 atom stereocenters. The number of aryl methyl sites for hydroxylation is 1. The Morgan fingerprint density at radius 1 is 1.50 bits per heavy atom. The molecule has 1 aliphatic heterocycles. The van der Waals surface area contributed by atoms with Crippen molar-refractivity contribution in [3.63, 3.8) is 0 Å². The zero-order chi connectivity index (χ0) is 14.1. The van der Waals surface area contributed by atoms with E-state index >= 15 is 0 Å². The molecule has 0 bridgehead atoms. The summed E-state index contributed by atoms with van der Waals surface area (Å²) in [5, 5.41) is 2.45. The second-order valence-corrected chi connectivity index (χ2v) is 5.57. The molecule has 20 heavy (non-hydrogen) atoms. The highest BCUT2D eigenvalue weighted by molar-refractivity contribution is 7.11. The maximum Gasteiger partial charge on any atom is 0.273 e. The third-order valence-corrected chi connectivity index (χ3v) is 3.89. The molecule has 0 unspecified atom stereocenters. The standard InChI is InChI=1S/C14H13FN2O2S/c1-9-2-3-10(6-12(9)15)13(18)17-7-11(8-17)19-14-16-4-5-20-14/h2-6,11H,7-8H2,1H3. The highest BCUT2D eigenvalue weighted by Gasteiger charge is 2.33. The van der Waals surface area contributed by atoms with Gasteiger partial charge in [-0.15, -0.1) is 0 Å². The zero-order valence-electron chi connectivity index (χ0n) is 10.9. The lowest BCUT2D eigenvalue weighted by molar-refractivity contribution is 0.0177. The molecular formula is C14H13FN2O2S. The van der Waals surface area contributed by atoms with Gasteiger partial charge in [0.05, 0.1) is 13.1 Å². The predicted molar refractivity (Wildman–Crippen MR) is 73.6 cm³/mol. The molecule has 0 radical (unpaired) electrons. The van der Waals surface area contributed by atoms with Crippen LogP contribution in [-0.4, -0.2) is 35.0 Å². The molecule has 0 N–H and O–H groups in total. The molecule has 1 aromatic carbocycles. The maximum atomic E-state index is 13.5. The third-order valence-electron chi connectivity index (χ3n) is 3.23. The molecule has 4 nitrogen and oxygen atoms in total. The zero-order valence-corrected chi connectivity index (χ0v) is 11.7. The second-order valence-electron chi connectivity index (χ2n) is 4.71. The van der Waals surface area contributed by atoms with Gasteiger partial charge < -0.3 is 9.64 Å². The van der Waals surface area contributed by atoms with Crippen LogP contribution in [0.2, 0.25) is 0 Å². The lowest BCUT2D eigenvalue weighted by atomic mass is 10.1. The summed E-state index contributed by atoms with van der Waals surface area (Å²) in [5.41, 5.74) is 0.913. The molecule has 104 valence electrons. The van der Waals surface area contributed by atoms with E-state index in [2.05, 4.69) is 4.98 Å². The molecule has 3 rings (SSSR count). The molecule has 1 aromatic heterocycles. The van der Waals surface area contributed by atoms with Gasteiger partial charge in [0.2, 0.25) is 0 Å². The van der Waals surface area contributed by atoms with Crippen LogP contribution in [0, 0.1) is 12.7 Å². The summed E-state index contributed by atoms with van der Waals surface area (Å²) in [4.78, 5) is 17.8. The summed E-state index contributed by atoms with van der Waals surface area (Å²) in [6, 6.07) is 4.55. The van der Waals surface area contributed by atoms with Crippen molar-refractivity contribution in [2.45, 2.75) is 13.0 Å². The Balaban J connectivity index is 1.59. The van der Waals surface area contributed by atoms with Gasteiger partial charge in [-0.05, 0) is 24.6 Å². The Labute approximate surface area is 119 Å². The highest BCUT2D eigenvalue weighted by Crippen LogP contribution is 2.22. The van der Waals surface area contributed by atoms with E-state index in [1.807, 2.05) is 5.38 Å². The normalized spacial score (nSPS) is 15.0. The number of carbonyl (C=O) groups excluding carboxylic acids is 1. The van der Waals surface area contributed by atoms with E-state index in [0.29, 0.717) is 29.4 Å². The monoisotopic (exact) mass is 292 g/mol. The highest BCUT2D eigenvalue weighted by atomic mass is 32.1. The average Bonchev–Trinajstić information content (AvgIpc) is 2.89. The Morgan fingerprint density at radius 2 is 2.30 bits per heavy atom. The lowest BCUT2D eigenvalue weighted by Gasteiger charge is -2.38. The van der Waals surface area contributed by atoms with Gasteiger partial charge in [0, 0.05) is 17.1 Å². The fourth-order valence-electron chi connectivity index (χ4n) is 2.00. The fourth-order valence-corrected chi connectivity index (χ4v) is 2.55. The minimum absolute atomic E-state index is 0.0274. The molecule has 6 heteroatoms. The number of likely N-dealkylation sites (tertiary alicyclic amines) is 1. The second kappa shape index (κ2) is 5.20. The molecule has 1 saturated heterocycles. The van der Waals surface area contributed by atoms with Crippen molar-refractivity contribution >= 4 is 17.2 Å². The Kier molecular flexibility index (Phi) is 3.40. The molecule has 2 aromatic rings. The number of benzene rings is 1. The summed E-state index contributed by atoms with van der Waals surface area (Å²) in [6.45, 7) is 2.69. The van der Waals surface area contributed by atoms with Gasteiger partial charge in [0.25, 0.3) is 11.1 Å². The summed E-state index contributed by atoms with van der Waals surface area (Å²) < 4.78 is 19.0. The van der Waals surface area contributed by atoms with Crippen molar-refractivity contribution < 1.29 is 13.9 Å². The van der Waals surface area contributed by atoms with Crippen LogP contribution in [0.5, 0.6) is 5.19 Å². The number of hydrogen-bond donors (Lipinski definition) is 0. The molecule has 1 aliphatic rings. The topological polar surface area (TPSA) is 42.4 Å². The van der Waals surface area contributed by atoms with Gasteiger partial charge in [0.15, 0.2) is 0 Å². The van der Waals surface area contributed by atoms with Crippen molar-refractivity contribution in [3.8, 4) is 5.19 Å². The first-order chi connectivity index (χ1) is 9.63. The van der Waals surface area contributed by atoms with Gasteiger partial charge in [-0.2, -0.15) is 0 Å². The van der Waals surface area contributed by atoms with Crippen molar-refractivity contribution in [2.75, 3.05) is 13.1 Å². The predicted octanol–water partition coefficient (Wildman–Crippen LogP) is 2.49. The number of ether oxygens (including phenoxy) is 1. The number of rotatable bonds is 3. The molecule has 0 aliphatic carbocycles. The smallest absolute Gasteiger partial charge is 0.273 e. The van der Waals surface area contributed by atoms with Crippen molar-refractivity contribution in [3.05, 3.63) is 46.7 Å². The van der Waals surface area contributed by atoms with E-state index < -0.39 is 0 Å². The van der Waals surface area contributed by atoms with Crippen molar-refractivity contribution in [1.29, 1.82) is 0 Å². The minimum Gasteiger partial charge on any atom is -0.463 e. The van der Waals surface area contributed by atoms with Crippen LogP contribution in [0.25, 0.3) is 0 Å². The van der Waals surface area contributed by atoms with Crippen LogP contribution < -0.4 is 4.74 Å². The van der Waals surface area contributed by atoms with E-state index in [1.54, 1.807) is 30.2 Å². The number of nitrogens with zero attached hydrogens (tertiary/aromatic N) is 2. The minimum atomic E-state index is -0.355. The molecule has 0 spiro atoms. The van der Waals surface area contributed by atoms with Crippen molar-refractivity contribution in [2.24, 2.45) is 0 Å². The number of halogens is 1. The van der Waals surface area contributed by atoms with Gasteiger partial charge >= 0.3 is 0 Å². The van der Waals surface area contributed by atoms with Crippen LogP contribution in [0.4, 0.5) is 4.39 Å². The van der Waals surface area contributed by atoms with E-state index in [4.69, 9.17) is 4.74 Å². The van der Waals surface area contributed by atoms with Crippen LogP contribution in [-0.2, 0) is 0 Å². The first-order valence-corrected chi connectivity index (χ1v) is 7.13. The third kappa shape index (κ3) is 2.51. The van der Waals surface area contributed by atoms with Gasteiger partial charge in [-0.25, -0.2) is 9.37 Å². The van der Waals surface area contributed by atoms with Gasteiger partial charge in [-0.1, -0.05) is 17.4 Å². The maximum absolute atomic E-state index is 13.5. The van der Waals surface area contributed by atoms with E-state index in [0.717, 1.165) is 0 Å². The van der Waals surface area contributed by atoms with Gasteiger partial charge in [-0.3, -0.25) is 4.79 Å². The van der Waals surface area contributed by atoms with E-state index in [9.17, 15) is 9.18 Å². The molecule has 0 saturated carbocycles. The lowest BCUT2D eigenvalue weighted by Crippen LogP contribution is -2.56. The number of hydrogen-bond acceptors (Lipinski definition) is 4. The van der Waals surface area contributed by atoms with Crippen LogP contribution in [0.1, 0.15) is 15.9 Å². The number of thiazole rings is 1. The number of carbonyl (C=O) groups is 1. The van der Waals surface area contributed by atoms with E-state index in [-0.39, 0.29) is 17.8 Å². The first kappa shape index (κ1) is 13.1. The fraction of sp³-hybridized carbons (Fsp3) is 0.286. The van der Waals surface area contributed by atoms with Crippen LogP contribution >= 0.6 is 11.3 Å². The SMILES string of the molecule is Cc1ccc(C(=O)N2CC(Oc3nccs3)C2)cc1F. The molecule has 1 amide bonds. The summed E-state index contributed by atoms with van der Waals surface area (Å²) in [6.07, 6.45) is 1.65. The summed E-state index contributed by atoms with van der Waals surface area (Å²) in [5.74, 6) is -0.519.